The first-order valence-electron chi connectivity index (χ1n) is 8.92. The number of anilines is 1. The van der Waals surface area contributed by atoms with Crippen molar-refractivity contribution in [3.8, 4) is 5.75 Å². The van der Waals surface area contributed by atoms with Crippen molar-refractivity contribution in [3.05, 3.63) is 54.1 Å². The lowest BCUT2D eigenvalue weighted by Crippen LogP contribution is -2.35. The number of carbonyl (C=O) groups is 1. The van der Waals surface area contributed by atoms with Gasteiger partial charge in [0.05, 0.1) is 10.6 Å². The Labute approximate surface area is 161 Å². The molecule has 2 aromatic carbocycles. The van der Waals surface area contributed by atoms with Crippen LogP contribution in [0.15, 0.2) is 53.4 Å². The molecule has 0 aliphatic carbocycles. The lowest BCUT2D eigenvalue weighted by atomic mass is 10.2. The second-order valence-corrected chi connectivity index (χ2v) is 8.12. The van der Waals surface area contributed by atoms with E-state index in [0.29, 0.717) is 11.4 Å². The minimum absolute atomic E-state index is 0.103. The summed E-state index contributed by atoms with van der Waals surface area (Å²) in [5.74, 6) is 0.233. The molecule has 27 heavy (non-hydrogen) atoms. The minimum atomic E-state index is -3.69. The molecule has 1 amide bonds. The van der Waals surface area contributed by atoms with Gasteiger partial charge in [0.1, 0.15) is 5.75 Å². The Kier molecular flexibility index (Phi) is 7.24. The highest BCUT2D eigenvalue weighted by Gasteiger charge is 2.15. The number of rotatable bonds is 9. The molecule has 7 heteroatoms. The standard InChI is InChI=1S/C20H26N2O4S/c1-4-7-16(3)21-20(23)14-26-17-10-12-18(13-11-17)27(24,25)22-19-9-6-5-8-15(19)2/h5-6,8-13,16,22H,4,7,14H2,1-3H3,(H,21,23)/t16-/m0/s1. The first kappa shape index (κ1) is 20.8. The van der Waals surface area contributed by atoms with Gasteiger partial charge in [0.25, 0.3) is 15.9 Å². The van der Waals surface area contributed by atoms with Crippen molar-refractivity contribution >= 4 is 21.6 Å². The maximum Gasteiger partial charge on any atom is 0.261 e. The van der Waals surface area contributed by atoms with E-state index in [2.05, 4.69) is 17.0 Å². The Morgan fingerprint density at radius 1 is 1.11 bits per heavy atom. The number of sulfonamides is 1. The van der Waals surface area contributed by atoms with Gasteiger partial charge in [-0.15, -0.1) is 0 Å². The Morgan fingerprint density at radius 2 is 1.78 bits per heavy atom. The Balaban J connectivity index is 1.96. The van der Waals surface area contributed by atoms with Crippen LogP contribution >= 0.6 is 0 Å². The van der Waals surface area contributed by atoms with Crippen molar-refractivity contribution in [1.82, 2.24) is 5.32 Å². The van der Waals surface area contributed by atoms with E-state index in [1.807, 2.05) is 26.0 Å². The van der Waals surface area contributed by atoms with E-state index in [-0.39, 0.29) is 23.5 Å². The van der Waals surface area contributed by atoms with Gasteiger partial charge in [-0.3, -0.25) is 9.52 Å². The summed E-state index contributed by atoms with van der Waals surface area (Å²) in [6, 6.07) is 13.2. The molecule has 0 unspecified atom stereocenters. The van der Waals surface area contributed by atoms with Gasteiger partial charge in [0, 0.05) is 6.04 Å². The molecule has 0 aromatic heterocycles. The van der Waals surface area contributed by atoms with Crippen molar-refractivity contribution in [1.29, 1.82) is 0 Å². The summed E-state index contributed by atoms with van der Waals surface area (Å²) in [5.41, 5.74) is 1.38. The lowest BCUT2D eigenvalue weighted by molar-refractivity contribution is -0.123. The molecule has 2 rings (SSSR count). The van der Waals surface area contributed by atoms with Crippen LogP contribution in [0.2, 0.25) is 0 Å². The van der Waals surface area contributed by atoms with Crippen LogP contribution in [0, 0.1) is 6.92 Å². The van der Waals surface area contributed by atoms with Crippen LogP contribution in [0.1, 0.15) is 32.3 Å². The molecule has 1 atom stereocenters. The van der Waals surface area contributed by atoms with Gasteiger partial charge in [-0.1, -0.05) is 31.5 Å². The highest BCUT2D eigenvalue weighted by atomic mass is 32.2. The quantitative estimate of drug-likeness (QED) is 0.686. The van der Waals surface area contributed by atoms with Crippen LogP contribution in [0.4, 0.5) is 5.69 Å². The van der Waals surface area contributed by atoms with Crippen molar-refractivity contribution in [2.75, 3.05) is 11.3 Å². The molecular weight excluding hydrogens is 364 g/mol. The molecule has 0 heterocycles. The smallest absolute Gasteiger partial charge is 0.261 e. The third kappa shape index (κ3) is 6.29. The Bertz CT molecular complexity index is 864. The van der Waals surface area contributed by atoms with Gasteiger partial charge in [0.15, 0.2) is 6.61 Å². The molecular formula is C20H26N2O4S. The number of aryl methyl sites for hydroxylation is 1. The van der Waals surface area contributed by atoms with Crippen molar-refractivity contribution in [2.24, 2.45) is 0 Å². The molecule has 0 aliphatic heterocycles. The topological polar surface area (TPSA) is 84.5 Å². The zero-order valence-electron chi connectivity index (χ0n) is 15.9. The largest absolute Gasteiger partial charge is 0.484 e. The van der Waals surface area contributed by atoms with Crippen molar-refractivity contribution < 1.29 is 17.9 Å². The predicted octanol–water partition coefficient (Wildman–Crippen LogP) is 3.48. The van der Waals surface area contributed by atoms with E-state index in [9.17, 15) is 13.2 Å². The number of amides is 1. The molecule has 2 N–H and O–H groups in total. The molecule has 2 aromatic rings. The first-order valence-corrected chi connectivity index (χ1v) is 10.4. The second-order valence-electron chi connectivity index (χ2n) is 6.44. The highest BCUT2D eigenvalue weighted by molar-refractivity contribution is 7.92. The van der Waals surface area contributed by atoms with E-state index in [4.69, 9.17) is 4.74 Å². The molecule has 0 saturated heterocycles. The van der Waals surface area contributed by atoms with Crippen LogP contribution in [0.3, 0.4) is 0 Å². The van der Waals surface area contributed by atoms with Crippen molar-refractivity contribution in [3.63, 3.8) is 0 Å². The normalized spacial score (nSPS) is 12.3. The van der Waals surface area contributed by atoms with Crippen molar-refractivity contribution in [2.45, 2.75) is 44.6 Å². The maximum atomic E-state index is 12.5. The van der Waals surface area contributed by atoms with Crippen LogP contribution in [0.25, 0.3) is 0 Å². The van der Waals surface area contributed by atoms with Gasteiger partial charge >= 0.3 is 0 Å². The van der Waals surface area contributed by atoms with Gasteiger partial charge in [0.2, 0.25) is 0 Å². The fraction of sp³-hybridized carbons (Fsp3) is 0.350. The zero-order valence-corrected chi connectivity index (χ0v) is 16.7. The fourth-order valence-electron chi connectivity index (χ4n) is 2.58. The van der Waals surface area contributed by atoms with E-state index in [0.717, 1.165) is 18.4 Å². The van der Waals surface area contributed by atoms with E-state index in [1.165, 1.54) is 24.3 Å². The molecule has 6 nitrogen and oxygen atoms in total. The number of benzene rings is 2. The first-order chi connectivity index (χ1) is 12.8. The third-order valence-corrected chi connectivity index (χ3v) is 5.40. The summed E-state index contributed by atoms with van der Waals surface area (Å²) in [6.07, 6.45) is 1.90. The summed E-state index contributed by atoms with van der Waals surface area (Å²) in [7, 11) is -3.69. The van der Waals surface area contributed by atoms with Crippen LogP contribution < -0.4 is 14.8 Å². The molecule has 0 radical (unpaired) electrons. The fourth-order valence-corrected chi connectivity index (χ4v) is 3.71. The molecule has 0 saturated carbocycles. The number of nitrogens with one attached hydrogen (secondary N) is 2. The minimum Gasteiger partial charge on any atom is -0.484 e. The maximum absolute atomic E-state index is 12.5. The Morgan fingerprint density at radius 3 is 2.41 bits per heavy atom. The van der Waals surface area contributed by atoms with Crippen LogP contribution in [0.5, 0.6) is 5.75 Å². The van der Waals surface area contributed by atoms with Crippen LogP contribution in [-0.2, 0) is 14.8 Å². The van der Waals surface area contributed by atoms with E-state index < -0.39 is 10.0 Å². The summed E-state index contributed by atoms with van der Waals surface area (Å²) in [5, 5.41) is 2.85. The number of ether oxygens (including phenoxy) is 1. The second kappa shape index (κ2) is 9.41. The number of hydrogen-bond donors (Lipinski definition) is 2. The number of hydrogen-bond acceptors (Lipinski definition) is 4. The summed E-state index contributed by atoms with van der Waals surface area (Å²) < 4.78 is 33.0. The predicted molar refractivity (Wildman–Crippen MR) is 106 cm³/mol. The van der Waals surface area contributed by atoms with Gasteiger partial charge in [-0.2, -0.15) is 0 Å². The van der Waals surface area contributed by atoms with E-state index >= 15 is 0 Å². The monoisotopic (exact) mass is 390 g/mol. The summed E-state index contributed by atoms with van der Waals surface area (Å²) in [6.45, 7) is 5.73. The Hall–Kier alpha value is -2.54. The van der Waals surface area contributed by atoms with Gasteiger partial charge in [-0.25, -0.2) is 8.42 Å². The van der Waals surface area contributed by atoms with Crippen LogP contribution in [-0.4, -0.2) is 27.0 Å². The summed E-state index contributed by atoms with van der Waals surface area (Å²) in [4.78, 5) is 11.9. The zero-order chi connectivity index (χ0) is 19.9. The molecule has 0 aliphatic rings. The van der Waals surface area contributed by atoms with Gasteiger partial charge in [-0.05, 0) is 56.2 Å². The van der Waals surface area contributed by atoms with E-state index in [1.54, 1.807) is 12.1 Å². The third-order valence-electron chi connectivity index (χ3n) is 4.02. The average Bonchev–Trinajstić information content (AvgIpc) is 2.62. The highest BCUT2D eigenvalue weighted by Crippen LogP contribution is 2.21. The molecule has 0 spiro atoms. The molecule has 0 bridgehead atoms. The number of para-hydroxylation sites is 1. The van der Waals surface area contributed by atoms with Gasteiger partial charge < -0.3 is 10.1 Å². The number of carbonyl (C=O) groups excluding carboxylic acids is 1. The lowest BCUT2D eigenvalue weighted by Gasteiger charge is -2.13. The average molecular weight is 391 g/mol. The molecule has 146 valence electrons. The molecule has 0 fully saturated rings. The SMILES string of the molecule is CCC[C@H](C)NC(=O)COc1ccc(S(=O)(=O)Nc2ccccc2C)cc1. The summed E-state index contributed by atoms with van der Waals surface area (Å²) >= 11 is 0.